The predicted octanol–water partition coefficient (Wildman–Crippen LogP) is 5.66. The Balaban J connectivity index is 2.81. The first-order valence-electron chi connectivity index (χ1n) is 8.06. The molecule has 2 nitrogen and oxygen atoms in total. The van der Waals surface area contributed by atoms with E-state index >= 15 is 0 Å². The van der Waals surface area contributed by atoms with Crippen molar-refractivity contribution in [3.05, 3.63) is 42.0 Å². The third kappa shape index (κ3) is 5.50. The van der Waals surface area contributed by atoms with Crippen LogP contribution in [0.3, 0.4) is 0 Å². The average molecular weight is 395 g/mol. The number of rotatable bonds is 9. The van der Waals surface area contributed by atoms with Crippen LogP contribution in [0.25, 0.3) is 6.08 Å². The number of hydrogen-bond donors (Lipinski definition) is 0. The van der Waals surface area contributed by atoms with Crippen molar-refractivity contribution in [2.24, 2.45) is 0 Å². The molecule has 0 fully saturated rings. The van der Waals surface area contributed by atoms with Gasteiger partial charge in [0.05, 0.1) is 0 Å². The average Bonchev–Trinajstić information content (AvgIpc) is 2.54. The zero-order chi connectivity index (χ0) is 15.7. The number of carbonyl (C=O) groups is 1. The Bertz CT molecular complexity index is 464. The molecule has 1 rings (SSSR count). The molecule has 0 spiro atoms. The first-order chi connectivity index (χ1) is 10.1. The summed E-state index contributed by atoms with van der Waals surface area (Å²) in [7, 11) is 0. The Hall–Kier alpha value is -0.771. The van der Waals surface area contributed by atoms with Gasteiger partial charge in [0.1, 0.15) is 0 Å². The van der Waals surface area contributed by atoms with Crippen LogP contribution in [0.5, 0.6) is 0 Å². The zero-order valence-corrected chi connectivity index (χ0v) is 16.5. The first-order valence-corrected chi connectivity index (χ1v) is 15.3. The second kappa shape index (κ2) is 9.29. The number of unbranched alkanes of at least 4 members (excludes halogenated alkanes) is 2. The second-order valence-electron chi connectivity index (χ2n) is 5.57. The van der Waals surface area contributed by atoms with Gasteiger partial charge >= 0.3 is 134 Å². The molecule has 0 aliphatic heterocycles. The summed E-state index contributed by atoms with van der Waals surface area (Å²) in [6.45, 7) is 10.3. The van der Waals surface area contributed by atoms with Gasteiger partial charge in [0.25, 0.3) is 0 Å². The van der Waals surface area contributed by atoms with Crippen LogP contribution in [0.1, 0.15) is 56.0 Å². The molecule has 0 aliphatic carbocycles. The maximum absolute atomic E-state index is 12.5. The Morgan fingerprint density at radius 1 is 1.24 bits per heavy atom. The van der Waals surface area contributed by atoms with E-state index < -0.39 is 18.8 Å². The molecule has 1 aromatic carbocycles. The first kappa shape index (κ1) is 18.3. The van der Waals surface area contributed by atoms with E-state index in [2.05, 4.69) is 27.4 Å². The molecule has 0 aromatic heterocycles. The fourth-order valence-corrected chi connectivity index (χ4v) is 11.1. The van der Waals surface area contributed by atoms with Crippen molar-refractivity contribution in [2.75, 3.05) is 0 Å². The van der Waals surface area contributed by atoms with Crippen molar-refractivity contribution in [3.63, 3.8) is 0 Å². The summed E-state index contributed by atoms with van der Waals surface area (Å²) in [5.74, 6) is -0.130. The van der Waals surface area contributed by atoms with Crippen LogP contribution in [-0.2, 0) is 3.07 Å². The number of carbonyl (C=O) groups excluding carboxylic acids is 1. The molecular formula is C18H28O2Sn. The van der Waals surface area contributed by atoms with Gasteiger partial charge in [-0.3, -0.25) is 0 Å². The van der Waals surface area contributed by atoms with Gasteiger partial charge in [-0.2, -0.15) is 0 Å². The monoisotopic (exact) mass is 396 g/mol. The molecule has 1 aromatic rings. The van der Waals surface area contributed by atoms with Gasteiger partial charge in [0.2, 0.25) is 0 Å². The van der Waals surface area contributed by atoms with Crippen molar-refractivity contribution in [3.8, 4) is 0 Å². The van der Waals surface area contributed by atoms with Crippen LogP contribution in [0, 0.1) is 0 Å². The van der Waals surface area contributed by atoms with E-state index in [0.717, 1.165) is 18.9 Å². The van der Waals surface area contributed by atoms with Crippen LogP contribution in [0.2, 0.25) is 13.3 Å². The Labute approximate surface area is 134 Å². The number of hydrogen-bond acceptors (Lipinski definition) is 2. The van der Waals surface area contributed by atoms with E-state index in [1.165, 1.54) is 19.3 Å². The van der Waals surface area contributed by atoms with E-state index in [0.29, 0.717) is 5.56 Å². The van der Waals surface area contributed by atoms with Crippen molar-refractivity contribution in [2.45, 2.75) is 53.3 Å². The second-order valence-corrected chi connectivity index (χ2v) is 18.4. The fourth-order valence-electron chi connectivity index (χ4n) is 2.54. The van der Waals surface area contributed by atoms with Crippen LogP contribution in [0.4, 0.5) is 0 Å². The summed E-state index contributed by atoms with van der Waals surface area (Å²) in [5, 5.41) is 0. The van der Waals surface area contributed by atoms with Gasteiger partial charge < -0.3 is 0 Å². The van der Waals surface area contributed by atoms with Crippen LogP contribution >= 0.6 is 0 Å². The van der Waals surface area contributed by atoms with Crippen molar-refractivity contribution >= 4 is 30.8 Å². The molecule has 0 N–H and O–H groups in total. The minimum absolute atomic E-state index is 0.130. The summed E-state index contributed by atoms with van der Waals surface area (Å²) >= 11 is -2.75. The molecule has 0 saturated heterocycles. The normalized spacial score (nSPS) is 11.2. The summed E-state index contributed by atoms with van der Waals surface area (Å²) in [6, 6.07) is 7.54. The van der Waals surface area contributed by atoms with Crippen LogP contribution in [-0.4, -0.2) is 24.8 Å². The zero-order valence-electron chi connectivity index (χ0n) is 13.7. The standard InChI is InChI=1S/C9H8O2.C5H11.2C2H5.Sn/c1-2-7-4-3-5-8(6-7)9(10)11;1-3-5-4-2;2*1-2;/h2-6H,1H2,(H,10,11);1,3-5H2,2H3;2*1H2,2H3;/q;;;;+1/p-1. The predicted molar refractivity (Wildman–Crippen MR) is 93.0 cm³/mol. The molecule has 116 valence electrons. The van der Waals surface area contributed by atoms with E-state index in [9.17, 15) is 4.79 Å². The van der Waals surface area contributed by atoms with E-state index in [1.807, 2.05) is 24.3 Å². The van der Waals surface area contributed by atoms with Crippen LogP contribution < -0.4 is 0 Å². The molecule has 0 heterocycles. The van der Waals surface area contributed by atoms with Crippen molar-refractivity contribution < 1.29 is 7.87 Å². The molecular weight excluding hydrogens is 367 g/mol. The maximum atomic E-state index is 12.5. The summed E-state index contributed by atoms with van der Waals surface area (Å²) in [4.78, 5) is 12.5. The van der Waals surface area contributed by atoms with E-state index in [4.69, 9.17) is 3.07 Å². The van der Waals surface area contributed by atoms with Crippen molar-refractivity contribution in [1.82, 2.24) is 0 Å². The topological polar surface area (TPSA) is 26.3 Å². The molecule has 0 unspecified atom stereocenters. The van der Waals surface area contributed by atoms with Gasteiger partial charge in [-0.05, 0) is 0 Å². The molecule has 0 bridgehead atoms. The summed E-state index contributed by atoms with van der Waals surface area (Å²) < 4.78 is 9.40. The van der Waals surface area contributed by atoms with Crippen LogP contribution in [0.15, 0.2) is 30.8 Å². The fraction of sp³-hybridized carbons (Fsp3) is 0.500. The molecule has 0 amide bonds. The molecule has 21 heavy (non-hydrogen) atoms. The minimum atomic E-state index is -2.75. The van der Waals surface area contributed by atoms with Gasteiger partial charge in [0, 0.05) is 0 Å². The Morgan fingerprint density at radius 3 is 2.52 bits per heavy atom. The molecule has 0 aliphatic rings. The van der Waals surface area contributed by atoms with Gasteiger partial charge in [0.15, 0.2) is 0 Å². The van der Waals surface area contributed by atoms with Crippen molar-refractivity contribution in [1.29, 1.82) is 0 Å². The summed E-state index contributed by atoms with van der Waals surface area (Å²) in [6.07, 6.45) is 5.41. The SMILES string of the molecule is C=Cc1cccc(C(=O)[O][Sn]([CH2]C)([CH2]C)[CH2]CCCC)c1. The Kier molecular flexibility index (Phi) is 8.08. The third-order valence-electron chi connectivity index (χ3n) is 4.19. The van der Waals surface area contributed by atoms with E-state index in [-0.39, 0.29) is 5.97 Å². The van der Waals surface area contributed by atoms with E-state index in [1.54, 1.807) is 6.08 Å². The Morgan fingerprint density at radius 2 is 1.95 bits per heavy atom. The molecule has 3 heteroatoms. The quantitative estimate of drug-likeness (QED) is 0.398. The van der Waals surface area contributed by atoms with Gasteiger partial charge in [-0.1, -0.05) is 0 Å². The number of benzene rings is 1. The van der Waals surface area contributed by atoms with Gasteiger partial charge in [-0.25, -0.2) is 0 Å². The summed E-state index contributed by atoms with van der Waals surface area (Å²) in [5.41, 5.74) is 1.62. The molecule has 0 atom stereocenters. The van der Waals surface area contributed by atoms with Gasteiger partial charge in [-0.15, -0.1) is 0 Å². The third-order valence-corrected chi connectivity index (χ3v) is 16.9. The molecule has 0 radical (unpaired) electrons. The molecule has 0 saturated carbocycles.